The van der Waals surface area contributed by atoms with Crippen molar-refractivity contribution in [3.63, 3.8) is 0 Å². The maximum Gasteiger partial charge on any atom is 0.104 e. The van der Waals surface area contributed by atoms with Crippen LogP contribution in [0.15, 0.2) is 50.3 Å². The van der Waals surface area contributed by atoms with E-state index >= 15 is 0 Å². The number of allylic oxidation sites excluding steroid dienone is 1. The van der Waals surface area contributed by atoms with Crippen molar-refractivity contribution in [3.8, 4) is 0 Å². The summed E-state index contributed by atoms with van der Waals surface area (Å²) in [7, 11) is -1.06. The number of fused-ring (bicyclic) bond motifs is 3. The van der Waals surface area contributed by atoms with Crippen molar-refractivity contribution in [1.29, 1.82) is 0 Å². The van der Waals surface area contributed by atoms with Gasteiger partial charge in [0.1, 0.15) is 5.71 Å². The van der Waals surface area contributed by atoms with Crippen molar-refractivity contribution in [1.82, 2.24) is 0 Å². The summed E-state index contributed by atoms with van der Waals surface area (Å²) >= 11 is 0. The second-order valence-electron chi connectivity index (χ2n) is 3.06. The number of nitrogens with zero attached hydrogens (tertiary/aromatic N) is 2. The molecule has 0 saturated carbocycles. The van der Waals surface area contributed by atoms with E-state index in [-0.39, 0.29) is 0 Å². The number of hydrogen-bond donors (Lipinski definition) is 0. The monoisotopic (exact) mass is 202 g/mol. The molecule has 1 atom stereocenters. The Morgan fingerprint density at radius 1 is 1.21 bits per heavy atom. The second kappa shape index (κ2) is 2.72. The van der Waals surface area contributed by atoms with Crippen LogP contribution in [0.3, 0.4) is 0 Å². The Labute approximate surface area is 83.3 Å². The average molecular weight is 202 g/mol. The summed E-state index contributed by atoms with van der Waals surface area (Å²) in [5, 5.41) is 9.53. The highest BCUT2D eigenvalue weighted by Crippen LogP contribution is 2.26. The van der Waals surface area contributed by atoms with E-state index in [9.17, 15) is 4.21 Å². The van der Waals surface area contributed by atoms with Crippen molar-refractivity contribution >= 4 is 22.7 Å². The van der Waals surface area contributed by atoms with Gasteiger partial charge in [-0.2, -0.15) is 5.10 Å². The van der Waals surface area contributed by atoms with Gasteiger partial charge in [-0.1, -0.05) is 18.2 Å². The van der Waals surface area contributed by atoms with E-state index in [0.29, 0.717) is 0 Å². The fourth-order valence-corrected chi connectivity index (χ4v) is 2.70. The van der Waals surface area contributed by atoms with Gasteiger partial charge in [-0.05, 0) is 6.07 Å². The molecule has 0 aromatic heterocycles. The van der Waals surface area contributed by atoms with Crippen LogP contribution in [-0.2, 0) is 10.8 Å². The lowest BCUT2D eigenvalue weighted by Crippen LogP contribution is -2.12. The predicted molar refractivity (Wildman–Crippen MR) is 56.0 cm³/mol. The molecule has 68 valence electrons. The van der Waals surface area contributed by atoms with Crippen molar-refractivity contribution in [3.05, 3.63) is 40.8 Å². The third-order valence-electron chi connectivity index (χ3n) is 2.22. The maximum absolute atomic E-state index is 11.7. The van der Waals surface area contributed by atoms with Crippen LogP contribution in [-0.4, -0.2) is 16.1 Å². The van der Waals surface area contributed by atoms with Crippen molar-refractivity contribution in [2.24, 2.45) is 10.2 Å². The molecular formula is C10H6N2OS. The molecule has 2 aliphatic rings. The van der Waals surface area contributed by atoms with Crippen LogP contribution >= 0.6 is 0 Å². The smallest absolute Gasteiger partial charge is 0.104 e. The molecule has 0 fully saturated rings. The van der Waals surface area contributed by atoms with Crippen LogP contribution < -0.4 is 0 Å². The first-order chi connectivity index (χ1) is 6.86. The van der Waals surface area contributed by atoms with Crippen LogP contribution in [0, 0.1) is 0 Å². The predicted octanol–water partition coefficient (Wildman–Crippen LogP) is 1.48. The van der Waals surface area contributed by atoms with E-state index < -0.39 is 10.8 Å². The quantitative estimate of drug-likeness (QED) is 0.628. The van der Waals surface area contributed by atoms with Crippen LogP contribution in [0.2, 0.25) is 0 Å². The first kappa shape index (κ1) is 7.82. The molecular weight excluding hydrogens is 196 g/mol. The molecule has 2 heterocycles. The molecule has 2 aliphatic heterocycles. The molecule has 0 amide bonds. The van der Waals surface area contributed by atoms with Crippen molar-refractivity contribution in [2.45, 2.75) is 4.90 Å². The largest absolute Gasteiger partial charge is 0.250 e. The summed E-state index contributed by atoms with van der Waals surface area (Å²) in [6, 6.07) is 7.58. The highest BCUT2D eigenvalue weighted by molar-refractivity contribution is 7.88. The van der Waals surface area contributed by atoms with E-state index in [0.717, 1.165) is 21.7 Å². The molecule has 0 bridgehead atoms. The summed E-state index contributed by atoms with van der Waals surface area (Å²) in [5.41, 5.74) is 2.63. The number of hydrogen-bond acceptors (Lipinski definition) is 3. The van der Waals surface area contributed by atoms with Gasteiger partial charge in [0.2, 0.25) is 0 Å². The Morgan fingerprint density at radius 3 is 3.00 bits per heavy atom. The lowest BCUT2D eigenvalue weighted by atomic mass is 10.0. The fraction of sp³-hybridized carbons (Fsp3) is 0. The third kappa shape index (κ3) is 0.943. The zero-order chi connectivity index (χ0) is 9.54. The maximum atomic E-state index is 11.7. The third-order valence-corrected chi connectivity index (χ3v) is 3.48. The van der Waals surface area contributed by atoms with Gasteiger partial charge < -0.3 is 0 Å². The van der Waals surface area contributed by atoms with E-state index in [1.165, 1.54) is 0 Å². The van der Waals surface area contributed by atoms with Crippen molar-refractivity contribution in [2.75, 3.05) is 0 Å². The Bertz CT molecular complexity index is 529. The topological polar surface area (TPSA) is 41.8 Å². The Hall–Kier alpha value is -1.55. The van der Waals surface area contributed by atoms with E-state index in [4.69, 9.17) is 0 Å². The van der Waals surface area contributed by atoms with Crippen LogP contribution in [0.25, 0.3) is 0 Å². The van der Waals surface area contributed by atoms with Gasteiger partial charge in [0, 0.05) is 16.5 Å². The SMILES string of the molecule is O=S1C=C2C=NN=C2c2ccccc21. The highest BCUT2D eigenvalue weighted by atomic mass is 32.2. The minimum Gasteiger partial charge on any atom is -0.250 e. The van der Waals surface area contributed by atoms with E-state index in [1.807, 2.05) is 24.3 Å². The molecule has 4 heteroatoms. The average Bonchev–Trinajstić information content (AvgIpc) is 2.66. The van der Waals surface area contributed by atoms with Gasteiger partial charge in [0.25, 0.3) is 0 Å². The number of rotatable bonds is 0. The second-order valence-corrected chi connectivity index (χ2v) is 4.33. The molecule has 1 aromatic rings. The van der Waals surface area contributed by atoms with Crippen LogP contribution in [0.4, 0.5) is 0 Å². The molecule has 1 aromatic carbocycles. The van der Waals surface area contributed by atoms with Gasteiger partial charge in [-0.3, -0.25) is 0 Å². The molecule has 1 unspecified atom stereocenters. The number of benzene rings is 1. The molecule has 3 nitrogen and oxygen atoms in total. The first-order valence-corrected chi connectivity index (χ1v) is 5.41. The molecule has 0 spiro atoms. The Kier molecular flexibility index (Phi) is 1.52. The van der Waals surface area contributed by atoms with Gasteiger partial charge >= 0.3 is 0 Å². The molecule has 3 rings (SSSR count). The lowest BCUT2D eigenvalue weighted by molar-refractivity contribution is 0.688. The summed E-state index contributed by atoms with van der Waals surface area (Å²) < 4.78 is 11.7. The minimum atomic E-state index is -1.06. The van der Waals surface area contributed by atoms with Gasteiger partial charge in [0.05, 0.1) is 21.9 Å². The van der Waals surface area contributed by atoms with E-state index in [2.05, 4.69) is 10.2 Å². The molecule has 0 N–H and O–H groups in total. The first-order valence-electron chi connectivity index (χ1n) is 4.19. The van der Waals surface area contributed by atoms with Gasteiger partial charge in [0.15, 0.2) is 0 Å². The van der Waals surface area contributed by atoms with Gasteiger partial charge in [-0.25, -0.2) is 4.21 Å². The molecule has 14 heavy (non-hydrogen) atoms. The van der Waals surface area contributed by atoms with Crippen LogP contribution in [0.5, 0.6) is 0 Å². The normalized spacial score (nSPS) is 22.4. The minimum absolute atomic E-state index is 0.820. The van der Waals surface area contributed by atoms with Crippen molar-refractivity contribution < 1.29 is 4.21 Å². The Balaban J connectivity index is 2.33. The highest BCUT2D eigenvalue weighted by Gasteiger charge is 2.23. The van der Waals surface area contributed by atoms with E-state index in [1.54, 1.807) is 11.6 Å². The van der Waals surface area contributed by atoms with Crippen LogP contribution in [0.1, 0.15) is 5.56 Å². The molecule has 0 radical (unpaired) electrons. The lowest BCUT2D eigenvalue weighted by Gasteiger charge is -2.12. The molecule has 0 saturated heterocycles. The summed E-state index contributed by atoms with van der Waals surface area (Å²) in [4.78, 5) is 0.820. The summed E-state index contributed by atoms with van der Waals surface area (Å²) in [6.45, 7) is 0. The molecule has 0 aliphatic carbocycles. The Morgan fingerprint density at radius 2 is 2.07 bits per heavy atom. The summed E-state index contributed by atoms with van der Waals surface area (Å²) in [5.74, 6) is 0. The fourth-order valence-electron chi connectivity index (χ4n) is 1.58. The zero-order valence-electron chi connectivity index (χ0n) is 7.18. The summed E-state index contributed by atoms with van der Waals surface area (Å²) in [6.07, 6.45) is 1.64. The zero-order valence-corrected chi connectivity index (χ0v) is 7.99. The standard InChI is InChI=1S/C10H6N2OS/c13-14-6-7-5-11-12-10(7)8-3-1-2-4-9(8)14/h1-6H. The van der Waals surface area contributed by atoms with Gasteiger partial charge in [-0.15, -0.1) is 5.10 Å².